The van der Waals surface area contributed by atoms with E-state index in [4.69, 9.17) is 0 Å². The summed E-state index contributed by atoms with van der Waals surface area (Å²) in [6.07, 6.45) is -3.02. The molecule has 1 aliphatic rings. The molecule has 1 saturated heterocycles. The second-order valence-corrected chi connectivity index (χ2v) is 6.12. The molecule has 0 unspecified atom stereocenters. The molecule has 1 fully saturated rings. The maximum absolute atomic E-state index is 12.9. The number of piperidine rings is 1. The Bertz CT molecular complexity index is 629. The van der Waals surface area contributed by atoms with Crippen LogP contribution in [0.2, 0.25) is 0 Å². The van der Waals surface area contributed by atoms with E-state index in [1.165, 1.54) is 19.2 Å². The number of hydrogen-bond acceptors (Lipinski definition) is 2. The lowest BCUT2D eigenvalue weighted by Gasteiger charge is -2.32. The third-order valence-corrected chi connectivity index (χ3v) is 4.34. The predicted molar refractivity (Wildman–Crippen MR) is 90.7 cm³/mol. The summed E-state index contributed by atoms with van der Waals surface area (Å²) in [5.41, 5.74) is -0.510. The van der Waals surface area contributed by atoms with E-state index in [0.29, 0.717) is 25.9 Å². The Morgan fingerprint density at radius 2 is 1.85 bits per heavy atom. The summed E-state index contributed by atoms with van der Waals surface area (Å²) in [7, 11) is 1.54. The largest absolute Gasteiger partial charge is 0.416 e. The van der Waals surface area contributed by atoms with Crippen LogP contribution in [0, 0.1) is 0 Å². The number of benzene rings is 1. The fraction of sp³-hybridized carbons (Fsp3) is 0.529. The van der Waals surface area contributed by atoms with Crippen LogP contribution >= 0.6 is 0 Å². The second-order valence-electron chi connectivity index (χ2n) is 6.12. The van der Waals surface area contributed by atoms with Gasteiger partial charge in [-0.1, -0.05) is 18.2 Å². The van der Waals surface area contributed by atoms with Gasteiger partial charge in [-0.25, -0.2) is 9.59 Å². The second kappa shape index (κ2) is 8.77. The molecule has 9 heteroatoms. The topological polar surface area (TPSA) is 73.5 Å². The van der Waals surface area contributed by atoms with Gasteiger partial charge in [0.15, 0.2) is 0 Å². The summed E-state index contributed by atoms with van der Waals surface area (Å²) < 4.78 is 38.8. The molecule has 0 aliphatic carbocycles. The molecule has 26 heavy (non-hydrogen) atoms. The van der Waals surface area contributed by atoms with Gasteiger partial charge in [-0.2, -0.15) is 13.2 Å². The Hall–Kier alpha value is -2.45. The number of likely N-dealkylation sites (tertiary alicyclic amines) is 1. The first kappa shape index (κ1) is 19.9. The smallest absolute Gasteiger partial charge is 0.341 e. The van der Waals surface area contributed by atoms with Crippen LogP contribution in [0.3, 0.4) is 0 Å². The Balaban J connectivity index is 1.78. The maximum atomic E-state index is 12.9. The highest BCUT2D eigenvalue weighted by Crippen LogP contribution is 2.31. The molecule has 6 nitrogen and oxygen atoms in total. The maximum Gasteiger partial charge on any atom is 0.416 e. The zero-order chi connectivity index (χ0) is 19.2. The van der Waals surface area contributed by atoms with E-state index in [-0.39, 0.29) is 36.6 Å². The van der Waals surface area contributed by atoms with Gasteiger partial charge >= 0.3 is 18.2 Å². The Morgan fingerprint density at radius 1 is 1.19 bits per heavy atom. The number of urea groups is 2. The van der Waals surface area contributed by atoms with Crippen molar-refractivity contribution in [2.75, 3.05) is 26.7 Å². The minimum absolute atomic E-state index is 0.0117. The normalized spacial score (nSPS) is 15.5. The average molecular weight is 372 g/mol. The van der Waals surface area contributed by atoms with Crippen molar-refractivity contribution in [1.29, 1.82) is 0 Å². The molecule has 0 atom stereocenters. The summed E-state index contributed by atoms with van der Waals surface area (Å²) in [6, 6.07) is 4.83. The molecule has 4 amide bonds. The number of hydrogen-bond donors (Lipinski definition) is 3. The lowest BCUT2D eigenvalue weighted by atomic mass is 10.0. The van der Waals surface area contributed by atoms with Gasteiger partial charge in [-0.3, -0.25) is 0 Å². The molecule has 0 bridgehead atoms. The van der Waals surface area contributed by atoms with E-state index >= 15 is 0 Å². The van der Waals surface area contributed by atoms with Crippen LogP contribution in [0.4, 0.5) is 22.8 Å². The predicted octanol–water partition coefficient (Wildman–Crippen LogP) is 2.35. The lowest BCUT2D eigenvalue weighted by molar-refractivity contribution is -0.138. The molecule has 1 aliphatic heterocycles. The van der Waals surface area contributed by atoms with Crippen molar-refractivity contribution in [3.63, 3.8) is 0 Å². The highest BCUT2D eigenvalue weighted by Gasteiger charge is 2.32. The van der Waals surface area contributed by atoms with Gasteiger partial charge in [0.2, 0.25) is 0 Å². The van der Waals surface area contributed by atoms with Crippen molar-refractivity contribution < 1.29 is 22.8 Å². The number of alkyl halides is 3. The van der Waals surface area contributed by atoms with Crippen molar-refractivity contribution in [1.82, 2.24) is 20.9 Å². The van der Waals surface area contributed by atoms with Crippen molar-refractivity contribution in [2.24, 2.45) is 0 Å². The molecule has 3 N–H and O–H groups in total. The summed E-state index contributed by atoms with van der Waals surface area (Å²) >= 11 is 0. The molecule has 0 saturated carbocycles. The van der Waals surface area contributed by atoms with E-state index < -0.39 is 11.7 Å². The summed E-state index contributed by atoms with van der Waals surface area (Å²) in [6.45, 7) is 1.10. The minimum Gasteiger partial charge on any atom is -0.341 e. The molecule has 0 spiro atoms. The number of rotatable bonds is 4. The molecule has 144 valence electrons. The van der Waals surface area contributed by atoms with Crippen molar-refractivity contribution in [3.05, 3.63) is 35.4 Å². The Morgan fingerprint density at radius 3 is 2.46 bits per heavy atom. The van der Waals surface area contributed by atoms with Gasteiger partial charge in [0, 0.05) is 32.7 Å². The third-order valence-electron chi connectivity index (χ3n) is 4.34. The minimum atomic E-state index is -4.40. The van der Waals surface area contributed by atoms with Crippen molar-refractivity contribution in [2.45, 2.75) is 31.5 Å². The first-order valence-electron chi connectivity index (χ1n) is 8.47. The van der Waals surface area contributed by atoms with Gasteiger partial charge in [-0.05, 0) is 30.9 Å². The van der Waals surface area contributed by atoms with Gasteiger partial charge in [0.1, 0.15) is 0 Å². The van der Waals surface area contributed by atoms with E-state index in [0.717, 1.165) is 6.07 Å². The molecular weight excluding hydrogens is 349 g/mol. The van der Waals surface area contributed by atoms with Gasteiger partial charge in [0.05, 0.1) is 5.56 Å². The van der Waals surface area contributed by atoms with Crippen LogP contribution in [0.15, 0.2) is 24.3 Å². The monoisotopic (exact) mass is 372 g/mol. The first-order valence-corrected chi connectivity index (χ1v) is 8.47. The summed E-state index contributed by atoms with van der Waals surface area (Å²) in [5.74, 6) is 0. The Labute approximate surface area is 150 Å². The van der Waals surface area contributed by atoms with Gasteiger partial charge in [-0.15, -0.1) is 0 Å². The van der Waals surface area contributed by atoms with Gasteiger partial charge in [0.25, 0.3) is 0 Å². The standard InChI is InChI=1S/C17H23F3N4O2/c1-21-15(25)23-13-7-10-24(11-8-13)16(26)22-9-6-12-4-2-3-5-14(12)17(18,19)20/h2-5,13H,6-11H2,1H3,(H,22,26)(H2,21,23,25). The summed E-state index contributed by atoms with van der Waals surface area (Å²) in [4.78, 5) is 25.0. The van der Waals surface area contributed by atoms with Crippen LogP contribution in [0.5, 0.6) is 0 Å². The SMILES string of the molecule is CNC(=O)NC1CCN(C(=O)NCCc2ccccc2C(F)(F)F)CC1. The first-order chi connectivity index (χ1) is 12.3. The fourth-order valence-corrected chi connectivity index (χ4v) is 2.92. The molecule has 1 aromatic carbocycles. The van der Waals surface area contributed by atoms with Crippen LogP contribution < -0.4 is 16.0 Å². The number of carbonyl (C=O) groups excluding carboxylic acids is 2. The third kappa shape index (κ3) is 5.53. The van der Waals surface area contributed by atoms with Crippen LogP contribution in [0.25, 0.3) is 0 Å². The Kier molecular flexibility index (Phi) is 6.70. The highest BCUT2D eigenvalue weighted by molar-refractivity contribution is 5.75. The number of amides is 4. The van der Waals surface area contributed by atoms with E-state index in [9.17, 15) is 22.8 Å². The summed E-state index contributed by atoms with van der Waals surface area (Å²) in [5, 5.41) is 7.95. The molecule has 2 rings (SSSR count). The fourth-order valence-electron chi connectivity index (χ4n) is 2.92. The number of nitrogens with one attached hydrogen (secondary N) is 3. The molecule has 0 aromatic heterocycles. The number of halogens is 3. The molecule has 1 aromatic rings. The average Bonchev–Trinajstić information content (AvgIpc) is 2.61. The molecule has 1 heterocycles. The van der Waals surface area contributed by atoms with Crippen molar-refractivity contribution in [3.8, 4) is 0 Å². The van der Waals surface area contributed by atoms with Crippen molar-refractivity contribution >= 4 is 12.1 Å². The van der Waals surface area contributed by atoms with E-state index in [1.54, 1.807) is 11.0 Å². The quantitative estimate of drug-likeness (QED) is 0.759. The molecular formula is C17H23F3N4O2. The number of carbonyl (C=O) groups is 2. The molecule has 0 radical (unpaired) electrons. The van der Waals surface area contributed by atoms with Crippen LogP contribution in [-0.4, -0.2) is 49.7 Å². The van der Waals surface area contributed by atoms with Crippen LogP contribution in [-0.2, 0) is 12.6 Å². The lowest BCUT2D eigenvalue weighted by Crippen LogP contribution is -2.50. The zero-order valence-corrected chi connectivity index (χ0v) is 14.5. The van der Waals surface area contributed by atoms with E-state index in [1.807, 2.05) is 0 Å². The van der Waals surface area contributed by atoms with E-state index in [2.05, 4.69) is 16.0 Å². The zero-order valence-electron chi connectivity index (χ0n) is 14.5. The van der Waals surface area contributed by atoms with Crippen LogP contribution in [0.1, 0.15) is 24.0 Å². The highest BCUT2D eigenvalue weighted by atomic mass is 19.4. The van der Waals surface area contributed by atoms with Gasteiger partial charge < -0.3 is 20.9 Å². The number of nitrogens with zero attached hydrogens (tertiary/aromatic N) is 1.